The Hall–Kier alpha value is -0.570. The van der Waals surface area contributed by atoms with Crippen molar-refractivity contribution in [2.45, 2.75) is 25.8 Å². The predicted molar refractivity (Wildman–Crippen MR) is 64.2 cm³/mol. The van der Waals surface area contributed by atoms with Gasteiger partial charge in [-0.25, -0.2) is 0 Å². The zero-order valence-corrected chi connectivity index (χ0v) is 9.80. The van der Waals surface area contributed by atoms with Crippen LogP contribution in [-0.2, 0) is 0 Å². The summed E-state index contributed by atoms with van der Waals surface area (Å²) < 4.78 is 0. The average molecular weight is 228 g/mol. The van der Waals surface area contributed by atoms with Gasteiger partial charge in [-0.2, -0.15) is 0 Å². The second-order valence-electron chi connectivity index (χ2n) is 3.54. The number of aliphatic hydroxyl groups is 1. The van der Waals surface area contributed by atoms with Gasteiger partial charge in [-0.1, -0.05) is 30.7 Å². The van der Waals surface area contributed by atoms with Crippen molar-refractivity contribution in [3.63, 3.8) is 0 Å². The van der Waals surface area contributed by atoms with Gasteiger partial charge in [0.2, 0.25) is 0 Å². The molecule has 2 nitrogen and oxygen atoms in total. The highest BCUT2D eigenvalue weighted by Crippen LogP contribution is 2.18. The van der Waals surface area contributed by atoms with Crippen LogP contribution in [0.5, 0.6) is 0 Å². The van der Waals surface area contributed by atoms with Gasteiger partial charge in [0.1, 0.15) is 0 Å². The number of hydrogen-bond acceptors (Lipinski definition) is 2. The highest BCUT2D eigenvalue weighted by Gasteiger charge is 2.07. The minimum atomic E-state index is 0.240. The van der Waals surface area contributed by atoms with Crippen LogP contribution in [0.3, 0.4) is 0 Å². The monoisotopic (exact) mass is 227 g/mol. The number of nitrogens with one attached hydrogen (secondary N) is 1. The van der Waals surface area contributed by atoms with E-state index in [-0.39, 0.29) is 6.61 Å². The summed E-state index contributed by atoms with van der Waals surface area (Å²) in [5.74, 6) is 0. The molecule has 1 atom stereocenters. The maximum Gasteiger partial charge on any atom is 0.0443 e. The third kappa shape index (κ3) is 4.20. The zero-order valence-electron chi connectivity index (χ0n) is 9.04. The summed E-state index contributed by atoms with van der Waals surface area (Å²) in [7, 11) is 0. The molecule has 15 heavy (non-hydrogen) atoms. The molecule has 0 amide bonds. The van der Waals surface area contributed by atoms with Crippen molar-refractivity contribution in [3.8, 4) is 0 Å². The van der Waals surface area contributed by atoms with E-state index in [1.807, 2.05) is 24.3 Å². The van der Waals surface area contributed by atoms with Gasteiger partial charge in [0, 0.05) is 17.7 Å². The fraction of sp³-hybridized carbons (Fsp3) is 0.500. The van der Waals surface area contributed by atoms with E-state index >= 15 is 0 Å². The van der Waals surface area contributed by atoms with Crippen LogP contribution in [0.4, 0.5) is 0 Å². The van der Waals surface area contributed by atoms with Gasteiger partial charge in [0.15, 0.2) is 0 Å². The molecule has 0 aromatic heterocycles. The molecule has 0 fully saturated rings. The largest absolute Gasteiger partial charge is 0.396 e. The van der Waals surface area contributed by atoms with E-state index in [9.17, 15) is 0 Å². The Bertz CT molecular complexity index is 273. The van der Waals surface area contributed by atoms with E-state index in [1.54, 1.807) is 0 Å². The highest BCUT2D eigenvalue weighted by atomic mass is 35.5. The summed E-state index contributed by atoms with van der Waals surface area (Å²) in [4.78, 5) is 0. The number of benzene rings is 1. The van der Waals surface area contributed by atoms with Gasteiger partial charge in [-0.15, -0.1) is 0 Å². The first-order chi connectivity index (χ1) is 7.27. The maximum absolute atomic E-state index is 8.70. The third-order valence-corrected chi connectivity index (χ3v) is 2.66. The summed E-state index contributed by atoms with van der Waals surface area (Å²) >= 11 is 5.83. The Morgan fingerprint density at radius 2 is 2.00 bits per heavy atom. The summed E-state index contributed by atoms with van der Waals surface area (Å²) in [6.07, 6.45) is 1.83. The molecule has 0 radical (unpaired) electrons. The normalized spacial score (nSPS) is 12.7. The Kier molecular flexibility index (Phi) is 5.69. The lowest BCUT2D eigenvalue weighted by Gasteiger charge is -2.17. The first kappa shape index (κ1) is 12.5. The van der Waals surface area contributed by atoms with E-state index in [1.165, 1.54) is 5.56 Å². The van der Waals surface area contributed by atoms with Gasteiger partial charge >= 0.3 is 0 Å². The first-order valence-electron chi connectivity index (χ1n) is 5.37. The van der Waals surface area contributed by atoms with E-state index in [0.717, 1.165) is 24.4 Å². The van der Waals surface area contributed by atoms with Crippen LogP contribution in [-0.4, -0.2) is 18.3 Å². The van der Waals surface area contributed by atoms with Crippen molar-refractivity contribution in [3.05, 3.63) is 34.9 Å². The van der Waals surface area contributed by atoms with Gasteiger partial charge in [-0.05, 0) is 37.1 Å². The lowest BCUT2D eigenvalue weighted by Crippen LogP contribution is -2.22. The lowest BCUT2D eigenvalue weighted by molar-refractivity contribution is 0.283. The second kappa shape index (κ2) is 6.83. The molecule has 2 N–H and O–H groups in total. The fourth-order valence-corrected chi connectivity index (χ4v) is 1.67. The van der Waals surface area contributed by atoms with Gasteiger partial charge in [0.25, 0.3) is 0 Å². The molecule has 1 unspecified atom stereocenters. The molecule has 0 heterocycles. The van der Waals surface area contributed by atoms with Crippen molar-refractivity contribution in [1.82, 2.24) is 5.32 Å². The molecule has 0 spiro atoms. The van der Waals surface area contributed by atoms with Crippen LogP contribution in [0.2, 0.25) is 5.02 Å². The SMILES string of the molecule is CCC(NCCCO)c1ccc(Cl)cc1. The quantitative estimate of drug-likeness (QED) is 0.733. The Labute approximate surface area is 96.3 Å². The molecule has 1 aromatic rings. The molecular formula is C12H18ClNO. The van der Waals surface area contributed by atoms with E-state index in [4.69, 9.17) is 16.7 Å². The van der Waals surface area contributed by atoms with Crippen molar-refractivity contribution in [2.75, 3.05) is 13.2 Å². The molecule has 0 aliphatic carbocycles. The molecule has 0 bridgehead atoms. The lowest BCUT2D eigenvalue weighted by atomic mass is 10.0. The summed E-state index contributed by atoms with van der Waals surface area (Å²) in [5, 5.41) is 12.9. The van der Waals surface area contributed by atoms with Crippen LogP contribution in [0.15, 0.2) is 24.3 Å². The molecule has 0 aliphatic rings. The van der Waals surface area contributed by atoms with Crippen molar-refractivity contribution >= 4 is 11.6 Å². The number of aliphatic hydroxyl groups excluding tert-OH is 1. The van der Waals surface area contributed by atoms with Gasteiger partial charge in [0.05, 0.1) is 0 Å². The summed E-state index contributed by atoms with van der Waals surface area (Å²) in [6, 6.07) is 8.26. The Morgan fingerprint density at radius 3 is 2.53 bits per heavy atom. The molecular weight excluding hydrogens is 210 g/mol. The number of hydrogen-bond donors (Lipinski definition) is 2. The van der Waals surface area contributed by atoms with Crippen molar-refractivity contribution < 1.29 is 5.11 Å². The fourth-order valence-electron chi connectivity index (χ4n) is 1.55. The standard InChI is InChI=1S/C12H18ClNO/c1-2-12(14-8-3-9-15)10-4-6-11(13)7-5-10/h4-7,12,14-15H,2-3,8-9H2,1H3. The minimum Gasteiger partial charge on any atom is -0.396 e. The summed E-state index contributed by atoms with van der Waals surface area (Å²) in [6.45, 7) is 3.23. The smallest absolute Gasteiger partial charge is 0.0443 e. The van der Waals surface area contributed by atoms with Gasteiger partial charge in [-0.3, -0.25) is 0 Å². The van der Waals surface area contributed by atoms with E-state index in [0.29, 0.717) is 6.04 Å². The maximum atomic E-state index is 8.70. The predicted octanol–water partition coefficient (Wildman–Crippen LogP) is 2.76. The average Bonchev–Trinajstić information content (AvgIpc) is 2.26. The Balaban J connectivity index is 2.53. The summed E-state index contributed by atoms with van der Waals surface area (Å²) in [5.41, 5.74) is 1.25. The minimum absolute atomic E-state index is 0.240. The highest BCUT2D eigenvalue weighted by molar-refractivity contribution is 6.30. The third-order valence-electron chi connectivity index (χ3n) is 2.41. The van der Waals surface area contributed by atoms with Crippen LogP contribution in [0.25, 0.3) is 0 Å². The molecule has 1 rings (SSSR count). The van der Waals surface area contributed by atoms with Crippen LogP contribution in [0, 0.1) is 0 Å². The molecule has 3 heteroatoms. The number of rotatable bonds is 6. The van der Waals surface area contributed by atoms with Gasteiger partial charge < -0.3 is 10.4 Å². The molecule has 0 saturated heterocycles. The molecule has 0 saturated carbocycles. The van der Waals surface area contributed by atoms with Crippen LogP contribution in [0.1, 0.15) is 31.4 Å². The van der Waals surface area contributed by atoms with Crippen LogP contribution < -0.4 is 5.32 Å². The topological polar surface area (TPSA) is 32.3 Å². The molecule has 1 aromatic carbocycles. The van der Waals surface area contributed by atoms with Crippen molar-refractivity contribution in [2.24, 2.45) is 0 Å². The second-order valence-corrected chi connectivity index (χ2v) is 3.98. The van der Waals surface area contributed by atoms with E-state index < -0.39 is 0 Å². The molecule has 0 aliphatic heterocycles. The van der Waals surface area contributed by atoms with Crippen molar-refractivity contribution in [1.29, 1.82) is 0 Å². The number of halogens is 1. The first-order valence-corrected chi connectivity index (χ1v) is 5.75. The van der Waals surface area contributed by atoms with Crippen LogP contribution >= 0.6 is 11.6 Å². The van der Waals surface area contributed by atoms with E-state index in [2.05, 4.69) is 12.2 Å². The Morgan fingerprint density at radius 1 is 1.33 bits per heavy atom. The molecule has 84 valence electrons. The zero-order chi connectivity index (χ0) is 11.1.